The number of sulfonamides is 1. The number of nitrogens with one attached hydrogen (secondary N) is 1. The highest BCUT2D eigenvalue weighted by Gasteiger charge is 2.19. The molecule has 0 atom stereocenters. The molecule has 0 aromatic heterocycles. The molecule has 0 unspecified atom stereocenters. The minimum Gasteiger partial charge on any atom is -0.507 e. The molecular formula is C18H21NO5S. The van der Waals surface area contributed by atoms with Gasteiger partial charge in [0.05, 0.1) is 4.90 Å². The van der Waals surface area contributed by atoms with Crippen LogP contribution < -0.4 is 4.72 Å². The number of hydrogen-bond acceptors (Lipinski definition) is 4. The smallest absolute Gasteiger partial charge is 0.339 e. The predicted molar refractivity (Wildman–Crippen MR) is 95.5 cm³/mol. The molecule has 2 aromatic carbocycles. The summed E-state index contributed by atoms with van der Waals surface area (Å²) in [6, 6.07) is 10.2. The summed E-state index contributed by atoms with van der Waals surface area (Å²) in [6.07, 6.45) is 4.33. The van der Waals surface area contributed by atoms with Gasteiger partial charge in [-0.05, 0) is 48.7 Å². The summed E-state index contributed by atoms with van der Waals surface area (Å²) in [6.45, 7) is 2.14. The largest absolute Gasteiger partial charge is 0.507 e. The Balaban J connectivity index is 2.16. The van der Waals surface area contributed by atoms with Crippen LogP contribution in [0.2, 0.25) is 0 Å². The second-order valence-electron chi connectivity index (χ2n) is 5.74. The number of aromatic carboxylic acids is 1. The second-order valence-corrected chi connectivity index (χ2v) is 7.43. The number of hydrogen-bond donors (Lipinski definition) is 3. The van der Waals surface area contributed by atoms with Crippen molar-refractivity contribution < 1.29 is 23.4 Å². The Labute approximate surface area is 147 Å². The first kappa shape index (κ1) is 18.8. The lowest BCUT2D eigenvalue weighted by molar-refractivity contribution is 0.0693. The number of unbranched alkanes of at least 4 members (excludes halogenated alkanes) is 2. The number of phenols is 1. The number of anilines is 1. The van der Waals surface area contributed by atoms with Crippen LogP contribution in [0.4, 0.5) is 5.69 Å². The van der Waals surface area contributed by atoms with Gasteiger partial charge in [0, 0.05) is 5.69 Å². The van der Waals surface area contributed by atoms with Crippen molar-refractivity contribution in [2.45, 2.75) is 37.5 Å². The van der Waals surface area contributed by atoms with E-state index in [9.17, 15) is 18.3 Å². The molecule has 0 heterocycles. The Morgan fingerprint density at radius 2 is 1.76 bits per heavy atom. The lowest BCUT2D eigenvalue weighted by Crippen LogP contribution is -2.13. The van der Waals surface area contributed by atoms with Crippen molar-refractivity contribution in [2.24, 2.45) is 0 Å². The molecule has 3 N–H and O–H groups in total. The Morgan fingerprint density at radius 3 is 2.36 bits per heavy atom. The van der Waals surface area contributed by atoms with E-state index in [1.807, 2.05) is 12.1 Å². The van der Waals surface area contributed by atoms with E-state index in [1.54, 1.807) is 12.1 Å². The Kier molecular flexibility index (Phi) is 6.03. The molecule has 2 aromatic rings. The van der Waals surface area contributed by atoms with Gasteiger partial charge in [0.2, 0.25) is 0 Å². The summed E-state index contributed by atoms with van der Waals surface area (Å²) < 4.78 is 27.2. The first-order valence-corrected chi connectivity index (χ1v) is 9.50. The van der Waals surface area contributed by atoms with Gasteiger partial charge in [-0.2, -0.15) is 0 Å². The fraction of sp³-hybridized carbons (Fsp3) is 0.278. The van der Waals surface area contributed by atoms with E-state index in [-0.39, 0.29) is 4.90 Å². The van der Waals surface area contributed by atoms with Crippen LogP contribution in [0.15, 0.2) is 47.4 Å². The molecule has 0 radical (unpaired) electrons. The van der Waals surface area contributed by atoms with E-state index >= 15 is 0 Å². The maximum atomic E-state index is 12.4. The number of carbonyl (C=O) groups is 1. The molecule has 0 saturated heterocycles. The average Bonchev–Trinajstić information content (AvgIpc) is 2.56. The number of aromatic hydroxyl groups is 1. The first-order chi connectivity index (χ1) is 11.8. The number of carboxylic acids is 1. The zero-order valence-corrected chi connectivity index (χ0v) is 14.7. The van der Waals surface area contributed by atoms with Gasteiger partial charge in [0.15, 0.2) is 0 Å². The van der Waals surface area contributed by atoms with Crippen LogP contribution in [0.5, 0.6) is 5.75 Å². The van der Waals surface area contributed by atoms with E-state index in [2.05, 4.69) is 11.6 Å². The molecule has 0 aliphatic carbocycles. The van der Waals surface area contributed by atoms with E-state index in [0.29, 0.717) is 5.69 Å². The van der Waals surface area contributed by atoms with Crippen molar-refractivity contribution in [3.8, 4) is 5.75 Å². The molecular weight excluding hydrogens is 342 g/mol. The number of carboxylic acid groups (broad SMARTS) is 1. The van der Waals surface area contributed by atoms with Gasteiger partial charge in [-0.1, -0.05) is 31.9 Å². The van der Waals surface area contributed by atoms with Crippen LogP contribution >= 0.6 is 0 Å². The normalized spacial score (nSPS) is 11.2. The van der Waals surface area contributed by atoms with Crippen molar-refractivity contribution in [1.29, 1.82) is 0 Å². The molecule has 0 saturated carbocycles. The molecule has 2 rings (SSSR count). The standard InChI is InChI=1S/C18H21NO5S/c1-2-3-4-5-13-6-8-14(9-7-13)19-25(23,24)15-10-11-17(20)16(12-15)18(21)22/h6-12,19-20H,2-5H2,1H3,(H,21,22). The summed E-state index contributed by atoms with van der Waals surface area (Å²) in [5.41, 5.74) is 1.06. The van der Waals surface area contributed by atoms with Crippen LogP contribution in [0, 0.1) is 0 Å². The molecule has 0 amide bonds. The van der Waals surface area contributed by atoms with Crippen molar-refractivity contribution in [3.05, 3.63) is 53.6 Å². The summed E-state index contributed by atoms with van der Waals surface area (Å²) in [4.78, 5) is 10.8. The van der Waals surface area contributed by atoms with Crippen LogP contribution in [0.25, 0.3) is 0 Å². The zero-order valence-electron chi connectivity index (χ0n) is 13.9. The minimum absolute atomic E-state index is 0.227. The molecule has 7 heteroatoms. The number of rotatable bonds is 8. The molecule has 0 aliphatic heterocycles. The highest BCUT2D eigenvalue weighted by molar-refractivity contribution is 7.92. The van der Waals surface area contributed by atoms with E-state index in [4.69, 9.17) is 5.11 Å². The van der Waals surface area contributed by atoms with Crippen LogP contribution in [0.3, 0.4) is 0 Å². The Morgan fingerprint density at radius 1 is 1.08 bits per heavy atom. The predicted octanol–water partition coefficient (Wildman–Crippen LogP) is 3.62. The monoisotopic (exact) mass is 363 g/mol. The third-order valence-corrected chi connectivity index (χ3v) is 5.16. The number of aryl methyl sites for hydroxylation is 1. The Bertz CT molecular complexity index is 844. The molecule has 0 aliphatic rings. The first-order valence-electron chi connectivity index (χ1n) is 8.01. The van der Waals surface area contributed by atoms with Gasteiger partial charge in [-0.15, -0.1) is 0 Å². The van der Waals surface area contributed by atoms with Crippen molar-refractivity contribution in [1.82, 2.24) is 0 Å². The van der Waals surface area contributed by atoms with Gasteiger partial charge in [0.1, 0.15) is 11.3 Å². The summed E-state index contributed by atoms with van der Waals surface area (Å²) in [5.74, 6) is -1.88. The fourth-order valence-corrected chi connectivity index (χ4v) is 3.47. The minimum atomic E-state index is -3.94. The summed E-state index contributed by atoms with van der Waals surface area (Å²) in [7, 11) is -3.94. The highest BCUT2D eigenvalue weighted by atomic mass is 32.2. The average molecular weight is 363 g/mol. The third-order valence-electron chi connectivity index (χ3n) is 3.78. The molecule has 0 spiro atoms. The quantitative estimate of drug-likeness (QED) is 0.621. The maximum absolute atomic E-state index is 12.4. The SMILES string of the molecule is CCCCCc1ccc(NS(=O)(=O)c2ccc(O)c(C(=O)O)c2)cc1. The fourth-order valence-electron chi connectivity index (χ4n) is 2.39. The zero-order chi connectivity index (χ0) is 18.4. The maximum Gasteiger partial charge on any atom is 0.339 e. The molecule has 0 fully saturated rings. The van der Waals surface area contributed by atoms with Gasteiger partial charge in [-0.25, -0.2) is 13.2 Å². The van der Waals surface area contributed by atoms with Crippen LogP contribution in [-0.4, -0.2) is 24.6 Å². The van der Waals surface area contributed by atoms with Gasteiger partial charge < -0.3 is 10.2 Å². The van der Waals surface area contributed by atoms with E-state index in [1.165, 1.54) is 0 Å². The van der Waals surface area contributed by atoms with E-state index in [0.717, 1.165) is 49.4 Å². The lowest BCUT2D eigenvalue weighted by Gasteiger charge is -2.10. The molecule has 134 valence electrons. The summed E-state index contributed by atoms with van der Waals surface area (Å²) >= 11 is 0. The van der Waals surface area contributed by atoms with Crippen molar-refractivity contribution >= 4 is 21.7 Å². The van der Waals surface area contributed by atoms with Crippen molar-refractivity contribution in [3.63, 3.8) is 0 Å². The summed E-state index contributed by atoms with van der Waals surface area (Å²) in [5, 5.41) is 18.5. The van der Waals surface area contributed by atoms with Crippen LogP contribution in [-0.2, 0) is 16.4 Å². The van der Waals surface area contributed by atoms with Gasteiger partial charge in [-0.3, -0.25) is 4.72 Å². The topological polar surface area (TPSA) is 104 Å². The van der Waals surface area contributed by atoms with Gasteiger partial charge >= 0.3 is 5.97 Å². The molecule has 25 heavy (non-hydrogen) atoms. The van der Waals surface area contributed by atoms with Crippen LogP contribution in [0.1, 0.15) is 42.1 Å². The van der Waals surface area contributed by atoms with Crippen molar-refractivity contribution in [2.75, 3.05) is 4.72 Å². The second kappa shape index (κ2) is 8.02. The van der Waals surface area contributed by atoms with Gasteiger partial charge in [0.25, 0.3) is 10.0 Å². The Hall–Kier alpha value is -2.54. The highest BCUT2D eigenvalue weighted by Crippen LogP contribution is 2.23. The molecule has 0 bridgehead atoms. The van der Waals surface area contributed by atoms with E-state index < -0.39 is 27.3 Å². The number of benzene rings is 2. The molecule has 6 nitrogen and oxygen atoms in total. The lowest BCUT2D eigenvalue weighted by atomic mass is 10.1. The third kappa shape index (κ3) is 4.96.